The molecule has 0 atom stereocenters. The van der Waals surface area contributed by atoms with Gasteiger partial charge in [0.15, 0.2) is 5.11 Å². The fourth-order valence-electron chi connectivity index (χ4n) is 0.974. The summed E-state index contributed by atoms with van der Waals surface area (Å²) in [6.07, 6.45) is 0. The smallest absolute Gasteiger partial charge is 0.180 e. The molecule has 1 aromatic heterocycles. The molecule has 5 nitrogen and oxygen atoms in total. The third-order valence-corrected chi connectivity index (χ3v) is 2.00. The molecule has 0 aliphatic carbocycles. The Balaban J connectivity index is 2.58. The Bertz CT molecular complexity index is 290. The molecule has 1 heterocycles. The van der Waals surface area contributed by atoms with Crippen molar-refractivity contribution in [1.82, 2.24) is 15.9 Å². The summed E-state index contributed by atoms with van der Waals surface area (Å²) in [7, 11) is 0. The highest BCUT2D eigenvalue weighted by Gasteiger charge is 2.08. The Kier molecular flexibility index (Phi) is 3.21. The van der Waals surface area contributed by atoms with E-state index in [0.29, 0.717) is 11.7 Å². The summed E-state index contributed by atoms with van der Waals surface area (Å²) < 4.78 is 4.98. The number of hydrazine groups is 1. The molecule has 0 spiro atoms. The fourth-order valence-corrected chi connectivity index (χ4v) is 1.05. The maximum atomic E-state index is 5.09. The highest BCUT2D eigenvalue weighted by molar-refractivity contribution is 7.80. The van der Waals surface area contributed by atoms with Crippen LogP contribution in [-0.2, 0) is 6.54 Å². The van der Waals surface area contributed by atoms with Gasteiger partial charge in [-0.05, 0) is 26.1 Å². The van der Waals surface area contributed by atoms with E-state index in [1.54, 1.807) is 0 Å². The predicted octanol–water partition coefficient (Wildman–Crippen LogP) is 0.129. The summed E-state index contributed by atoms with van der Waals surface area (Å²) in [5.74, 6) is 5.89. The second kappa shape index (κ2) is 4.20. The molecule has 0 aliphatic heterocycles. The van der Waals surface area contributed by atoms with Crippen molar-refractivity contribution in [3.05, 3.63) is 17.0 Å². The van der Waals surface area contributed by atoms with Crippen LogP contribution >= 0.6 is 12.2 Å². The van der Waals surface area contributed by atoms with Crippen LogP contribution in [0, 0.1) is 13.8 Å². The number of thiocarbonyl (C=S) groups is 1. The van der Waals surface area contributed by atoms with Gasteiger partial charge in [-0.15, -0.1) is 0 Å². The van der Waals surface area contributed by atoms with Crippen molar-refractivity contribution in [2.75, 3.05) is 0 Å². The summed E-state index contributed by atoms with van der Waals surface area (Å²) in [6, 6.07) is 0. The second-order valence-electron chi connectivity index (χ2n) is 2.63. The van der Waals surface area contributed by atoms with Gasteiger partial charge in [0.25, 0.3) is 0 Å². The standard InChI is InChI=1S/C7H12N4OS/c1-4-6(5(2)12-11-4)3-9-7(13)10-8/h3,8H2,1-2H3,(H2,9,10,13). The number of hydrogen-bond acceptors (Lipinski definition) is 4. The van der Waals surface area contributed by atoms with E-state index in [2.05, 4.69) is 15.9 Å². The molecule has 0 saturated carbocycles. The summed E-state index contributed by atoms with van der Waals surface area (Å²) in [4.78, 5) is 0. The van der Waals surface area contributed by atoms with E-state index in [1.807, 2.05) is 13.8 Å². The molecule has 1 aromatic rings. The molecular formula is C7H12N4OS. The topological polar surface area (TPSA) is 76.1 Å². The third kappa shape index (κ3) is 2.40. The molecular weight excluding hydrogens is 188 g/mol. The van der Waals surface area contributed by atoms with Crippen molar-refractivity contribution in [1.29, 1.82) is 0 Å². The van der Waals surface area contributed by atoms with Gasteiger partial charge in [0.2, 0.25) is 0 Å². The van der Waals surface area contributed by atoms with E-state index in [1.165, 1.54) is 0 Å². The molecule has 4 N–H and O–H groups in total. The minimum atomic E-state index is 0.403. The molecule has 0 bridgehead atoms. The first-order valence-electron chi connectivity index (χ1n) is 3.81. The Labute approximate surface area is 81.6 Å². The molecule has 0 fully saturated rings. The summed E-state index contributed by atoms with van der Waals surface area (Å²) in [6.45, 7) is 4.31. The predicted molar refractivity (Wildman–Crippen MR) is 52.7 cm³/mol. The van der Waals surface area contributed by atoms with Crippen molar-refractivity contribution >= 4 is 17.3 Å². The zero-order valence-corrected chi connectivity index (χ0v) is 8.36. The van der Waals surface area contributed by atoms with E-state index in [9.17, 15) is 0 Å². The Hall–Kier alpha value is -1.14. The van der Waals surface area contributed by atoms with Gasteiger partial charge < -0.3 is 15.3 Å². The lowest BCUT2D eigenvalue weighted by molar-refractivity contribution is 0.392. The first-order chi connectivity index (χ1) is 6.15. The SMILES string of the molecule is Cc1noc(C)c1CNC(=S)NN. The molecule has 72 valence electrons. The largest absolute Gasteiger partial charge is 0.361 e. The fraction of sp³-hybridized carbons (Fsp3) is 0.429. The van der Waals surface area contributed by atoms with Gasteiger partial charge >= 0.3 is 0 Å². The Morgan fingerprint density at radius 2 is 2.31 bits per heavy atom. The zero-order chi connectivity index (χ0) is 9.84. The van der Waals surface area contributed by atoms with Crippen LogP contribution in [0.15, 0.2) is 4.52 Å². The first kappa shape index (κ1) is 9.94. The van der Waals surface area contributed by atoms with E-state index >= 15 is 0 Å². The van der Waals surface area contributed by atoms with Crippen LogP contribution in [0.1, 0.15) is 17.0 Å². The van der Waals surface area contributed by atoms with Gasteiger partial charge in [-0.1, -0.05) is 5.16 Å². The highest BCUT2D eigenvalue weighted by atomic mass is 32.1. The Morgan fingerprint density at radius 3 is 2.77 bits per heavy atom. The highest BCUT2D eigenvalue weighted by Crippen LogP contribution is 2.10. The minimum absolute atomic E-state index is 0.403. The molecule has 0 unspecified atom stereocenters. The van der Waals surface area contributed by atoms with Crippen LogP contribution in [0.3, 0.4) is 0 Å². The van der Waals surface area contributed by atoms with Gasteiger partial charge in [0.1, 0.15) is 5.76 Å². The number of nitrogens with two attached hydrogens (primary N) is 1. The third-order valence-electron chi connectivity index (χ3n) is 1.74. The van der Waals surface area contributed by atoms with Crippen LogP contribution in [0.4, 0.5) is 0 Å². The van der Waals surface area contributed by atoms with Crippen molar-refractivity contribution < 1.29 is 4.52 Å². The number of aryl methyl sites for hydroxylation is 2. The molecule has 0 aliphatic rings. The van der Waals surface area contributed by atoms with E-state index in [0.717, 1.165) is 17.0 Å². The number of nitrogens with zero attached hydrogens (tertiary/aromatic N) is 1. The molecule has 0 aromatic carbocycles. The van der Waals surface area contributed by atoms with Crippen molar-refractivity contribution in [3.8, 4) is 0 Å². The monoisotopic (exact) mass is 200 g/mol. The van der Waals surface area contributed by atoms with Crippen molar-refractivity contribution in [2.45, 2.75) is 20.4 Å². The minimum Gasteiger partial charge on any atom is -0.361 e. The average molecular weight is 200 g/mol. The molecule has 0 radical (unpaired) electrons. The number of hydrogen-bond donors (Lipinski definition) is 3. The Morgan fingerprint density at radius 1 is 1.62 bits per heavy atom. The van der Waals surface area contributed by atoms with Gasteiger partial charge in [-0.3, -0.25) is 0 Å². The molecule has 1 rings (SSSR count). The lowest BCUT2D eigenvalue weighted by Crippen LogP contribution is -2.39. The van der Waals surface area contributed by atoms with Crippen LogP contribution in [-0.4, -0.2) is 10.3 Å². The maximum absolute atomic E-state index is 5.09. The van der Waals surface area contributed by atoms with Crippen LogP contribution in [0.5, 0.6) is 0 Å². The van der Waals surface area contributed by atoms with E-state index in [4.69, 9.17) is 22.6 Å². The first-order valence-corrected chi connectivity index (χ1v) is 4.22. The van der Waals surface area contributed by atoms with Gasteiger partial charge in [-0.2, -0.15) is 0 Å². The molecule has 13 heavy (non-hydrogen) atoms. The van der Waals surface area contributed by atoms with Crippen molar-refractivity contribution in [2.24, 2.45) is 5.84 Å². The van der Waals surface area contributed by atoms with Gasteiger partial charge in [-0.25, -0.2) is 5.84 Å². The quantitative estimate of drug-likeness (QED) is 0.358. The normalized spacial score (nSPS) is 9.77. The van der Waals surface area contributed by atoms with E-state index in [-0.39, 0.29) is 0 Å². The maximum Gasteiger partial charge on any atom is 0.180 e. The van der Waals surface area contributed by atoms with Crippen LogP contribution < -0.4 is 16.6 Å². The van der Waals surface area contributed by atoms with Gasteiger partial charge in [0.05, 0.1) is 5.69 Å². The lowest BCUT2D eigenvalue weighted by Gasteiger charge is -2.05. The molecule has 0 saturated heterocycles. The van der Waals surface area contributed by atoms with Crippen LogP contribution in [0.2, 0.25) is 0 Å². The number of nitrogens with one attached hydrogen (secondary N) is 2. The van der Waals surface area contributed by atoms with Crippen LogP contribution in [0.25, 0.3) is 0 Å². The number of rotatable bonds is 2. The van der Waals surface area contributed by atoms with Crippen molar-refractivity contribution in [3.63, 3.8) is 0 Å². The summed E-state index contributed by atoms with van der Waals surface area (Å²) >= 11 is 4.82. The molecule has 0 amide bonds. The van der Waals surface area contributed by atoms with E-state index < -0.39 is 0 Å². The lowest BCUT2D eigenvalue weighted by atomic mass is 10.2. The number of aromatic nitrogens is 1. The molecule has 6 heteroatoms. The van der Waals surface area contributed by atoms with Gasteiger partial charge in [0, 0.05) is 12.1 Å². The zero-order valence-electron chi connectivity index (χ0n) is 7.55. The second-order valence-corrected chi connectivity index (χ2v) is 3.04. The summed E-state index contributed by atoms with van der Waals surface area (Å²) in [5, 5.41) is 7.12. The summed E-state index contributed by atoms with van der Waals surface area (Å²) in [5.41, 5.74) is 4.21. The average Bonchev–Trinajstić information content (AvgIpc) is 2.43.